The van der Waals surface area contributed by atoms with E-state index < -0.39 is 11.2 Å². The summed E-state index contributed by atoms with van der Waals surface area (Å²) in [5, 5.41) is 0. The summed E-state index contributed by atoms with van der Waals surface area (Å²) in [7, 11) is 1.51. The third kappa shape index (κ3) is 2.54. The van der Waals surface area contributed by atoms with Crippen LogP contribution in [0.15, 0.2) is 40.1 Å². The fourth-order valence-corrected chi connectivity index (χ4v) is 1.91. The number of methoxy groups -OCH3 is 1. The van der Waals surface area contributed by atoms with E-state index in [4.69, 9.17) is 4.74 Å². The van der Waals surface area contributed by atoms with Crippen LogP contribution in [0.3, 0.4) is 0 Å². The van der Waals surface area contributed by atoms with Gasteiger partial charge in [0.05, 0.1) is 19.2 Å². The second kappa shape index (κ2) is 5.56. The largest absolute Gasteiger partial charge is 0.496 e. The molecule has 1 N–H and O–H groups in total. The number of nitrogens with one attached hydrogen (secondary N) is 1. The molecule has 0 aliphatic carbocycles. The van der Waals surface area contributed by atoms with Gasteiger partial charge in [0, 0.05) is 11.8 Å². The average molecular weight is 274 g/mol. The molecule has 2 aromatic rings. The van der Waals surface area contributed by atoms with Gasteiger partial charge in [-0.1, -0.05) is 18.2 Å². The molecule has 1 aromatic carbocycles. The lowest BCUT2D eigenvalue weighted by Gasteiger charge is -2.09. The zero-order valence-corrected chi connectivity index (χ0v) is 11.2. The maximum absolute atomic E-state index is 12.1. The fourth-order valence-electron chi connectivity index (χ4n) is 1.91. The van der Waals surface area contributed by atoms with E-state index >= 15 is 0 Å². The molecule has 20 heavy (non-hydrogen) atoms. The number of aromatic amines is 1. The Morgan fingerprint density at radius 2 is 2.00 bits per heavy atom. The van der Waals surface area contributed by atoms with Crippen molar-refractivity contribution in [3.63, 3.8) is 0 Å². The van der Waals surface area contributed by atoms with Gasteiger partial charge in [0.1, 0.15) is 5.75 Å². The Hall–Kier alpha value is -2.63. The molecule has 0 saturated heterocycles. The van der Waals surface area contributed by atoms with Crippen LogP contribution in [0.25, 0.3) is 0 Å². The van der Waals surface area contributed by atoms with Gasteiger partial charge in [0.2, 0.25) is 0 Å². The molecule has 0 aliphatic rings. The number of ether oxygens (including phenoxy) is 1. The summed E-state index contributed by atoms with van der Waals surface area (Å²) < 4.78 is 6.16. The molecular formula is C14H14N2O4. The first-order valence-electron chi connectivity index (χ1n) is 6.00. The molecule has 0 saturated carbocycles. The van der Waals surface area contributed by atoms with Crippen LogP contribution in [0.4, 0.5) is 0 Å². The third-order valence-corrected chi connectivity index (χ3v) is 2.96. The van der Waals surface area contributed by atoms with Crippen LogP contribution in [0.2, 0.25) is 0 Å². The molecule has 0 aliphatic heterocycles. The number of aromatic nitrogens is 2. The quantitative estimate of drug-likeness (QED) is 0.836. The number of ketones is 1. The molecule has 0 radical (unpaired) electrons. The Labute approximate surface area is 114 Å². The van der Waals surface area contributed by atoms with Gasteiger partial charge in [0.25, 0.3) is 5.56 Å². The highest BCUT2D eigenvalue weighted by atomic mass is 16.5. The lowest BCUT2D eigenvalue weighted by Crippen LogP contribution is -2.38. The molecule has 104 valence electrons. The fraction of sp³-hybridized carbons (Fsp3) is 0.214. The lowest BCUT2D eigenvalue weighted by atomic mass is 10.2. The third-order valence-electron chi connectivity index (χ3n) is 2.96. The molecule has 0 fully saturated rings. The summed E-state index contributed by atoms with van der Waals surface area (Å²) in [4.78, 5) is 37.6. The van der Waals surface area contributed by atoms with E-state index in [1.165, 1.54) is 14.0 Å². The van der Waals surface area contributed by atoms with Crippen molar-refractivity contribution < 1.29 is 9.53 Å². The van der Waals surface area contributed by atoms with Crippen molar-refractivity contribution in [2.45, 2.75) is 13.5 Å². The standard InChI is InChI=1S/C14H14N2O4/c1-9(17)11-7-15-14(19)16(13(11)18)8-10-5-3-4-6-12(10)20-2/h3-7H,8H2,1-2H3,(H,15,19). The van der Waals surface area contributed by atoms with E-state index in [0.717, 1.165) is 10.8 Å². The molecular weight excluding hydrogens is 260 g/mol. The number of hydrogen-bond donors (Lipinski definition) is 1. The van der Waals surface area contributed by atoms with Gasteiger partial charge < -0.3 is 9.72 Å². The maximum atomic E-state index is 12.1. The first-order chi connectivity index (χ1) is 9.54. The zero-order valence-electron chi connectivity index (χ0n) is 11.2. The zero-order chi connectivity index (χ0) is 14.7. The van der Waals surface area contributed by atoms with E-state index in [-0.39, 0.29) is 17.9 Å². The highest BCUT2D eigenvalue weighted by molar-refractivity contribution is 5.93. The Bertz CT molecular complexity index is 758. The van der Waals surface area contributed by atoms with Gasteiger partial charge >= 0.3 is 5.69 Å². The van der Waals surface area contributed by atoms with Gasteiger partial charge in [-0.15, -0.1) is 0 Å². The smallest absolute Gasteiger partial charge is 0.328 e. The number of para-hydroxylation sites is 1. The van der Waals surface area contributed by atoms with Crippen LogP contribution in [-0.2, 0) is 6.54 Å². The highest BCUT2D eigenvalue weighted by Gasteiger charge is 2.12. The normalized spacial score (nSPS) is 10.3. The molecule has 2 rings (SSSR count). The topological polar surface area (TPSA) is 81.2 Å². The first kappa shape index (κ1) is 13.8. The predicted octanol–water partition coefficient (Wildman–Crippen LogP) is 0.796. The van der Waals surface area contributed by atoms with Gasteiger partial charge in [-0.05, 0) is 13.0 Å². The van der Waals surface area contributed by atoms with E-state index in [0.29, 0.717) is 11.3 Å². The number of benzene rings is 1. The van der Waals surface area contributed by atoms with Crippen molar-refractivity contribution in [3.05, 3.63) is 62.4 Å². The minimum absolute atomic E-state index is 0.0410. The molecule has 0 bridgehead atoms. The summed E-state index contributed by atoms with van der Waals surface area (Å²) in [5.41, 5.74) is -0.527. The van der Waals surface area contributed by atoms with Gasteiger partial charge in [-0.3, -0.25) is 14.2 Å². The number of nitrogens with zero attached hydrogens (tertiary/aromatic N) is 1. The molecule has 6 heteroatoms. The van der Waals surface area contributed by atoms with E-state index in [1.807, 2.05) is 0 Å². The average Bonchev–Trinajstić information content (AvgIpc) is 2.43. The number of Topliss-reactive ketones (excluding diaryl/α,β-unsaturated/α-hetero) is 1. The molecule has 6 nitrogen and oxygen atoms in total. The Morgan fingerprint density at radius 3 is 2.65 bits per heavy atom. The van der Waals surface area contributed by atoms with Crippen LogP contribution in [0.5, 0.6) is 5.75 Å². The summed E-state index contributed by atoms with van der Waals surface area (Å²) in [6, 6.07) is 7.07. The molecule has 1 aromatic heterocycles. The van der Waals surface area contributed by atoms with Crippen molar-refractivity contribution in [2.24, 2.45) is 0 Å². The van der Waals surface area contributed by atoms with E-state index in [1.54, 1.807) is 24.3 Å². The number of rotatable bonds is 4. The Morgan fingerprint density at radius 1 is 1.30 bits per heavy atom. The highest BCUT2D eigenvalue weighted by Crippen LogP contribution is 2.17. The van der Waals surface area contributed by atoms with Crippen LogP contribution >= 0.6 is 0 Å². The van der Waals surface area contributed by atoms with E-state index in [2.05, 4.69) is 4.98 Å². The molecule has 0 unspecified atom stereocenters. The monoisotopic (exact) mass is 274 g/mol. The number of hydrogen-bond acceptors (Lipinski definition) is 4. The number of H-pyrrole nitrogens is 1. The van der Waals surface area contributed by atoms with Crippen molar-refractivity contribution in [1.82, 2.24) is 9.55 Å². The molecule has 0 amide bonds. The number of carbonyl (C=O) groups is 1. The minimum atomic E-state index is -0.604. The second-order valence-electron chi connectivity index (χ2n) is 4.27. The predicted molar refractivity (Wildman–Crippen MR) is 73.4 cm³/mol. The van der Waals surface area contributed by atoms with Crippen molar-refractivity contribution in [2.75, 3.05) is 7.11 Å². The van der Waals surface area contributed by atoms with Crippen LogP contribution < -0.4 is 16.0 Å². The number of carbonyl (C=O) groups excluding carboxylic acids is 1. The van der Waals surface area contributed by atoms with Crippen molar-refractivity contribution in [1.29, 1.82) is 0 Å². The molecule has 1 heterocycles. The van der Waals surface area contributed by atoms with Crippen LogP contribution in [-0.4, -0.2) is 22.4 Å². The summed E-state index contributed by atoms with van der Waals surface area (Å²) in [6.07, 6.45) is 1.14. The summed E-state index contributed by atoms with van der Waals surface area (Å²) >= 11 is 0. The first-order valence-corrected chi connectivity index (χ1v) is 6.00. The van der Waals surface area contributed by atoms with Crippen molar-refractivity contribution >= 4 is 5.78 Å². The second-order valence-corrected chi connectivity index (χ2v) is 4.27. The Balaban J connectivity index is 2.54. The lowest BCUT2D eigenvalue weighted by molar-refractivity contribution is 0.101. The summed E-state index contributed by atoms with van der Waals surface area (Å²) in [5.74, 6) is 0.187. The van der Waals surface area contributed by atoms with Crippen LogP contribution in [0, 0.1) is 0 Å². The molecule has 0 atom stereocenters. The van der Waals surface area contributed by atoms with Gasteiger partial charge in [-0.2, -0.15) is 0 Å². The van der Waals surface area contributed by atoms with Crippen molar-refractivity contribution in [3.8, 4) is 5.75 Å². The molecule has 0 spiro atoms. The summed E-state index contributed by atoms with van der Waals surface area (Å²) in [6.45, 7) is 1.32. The van der Waals surface area contributed by atoms with Gasteiger partial charge in [0.15, 0.2) is 5.78 Å². The Kier molecular flexibility index (Phi) is 3.84. The SMILES string of the molecule is COc1ccccc1Cn1c(=O)[nH]cc(C(C)=O)c1=O. The van der Waals surface area contributed by atoms with Crippen LogP contribution in [0.1, 0.15) is 22.8 Å². The maximum Gasteiger partial charge on any atom is 0.328 e. The van der Waals surface area contributed by atoms with E-state index in [9.17, 15) is 14.4 Å². The van der Waals surface area contributed by atoms with Gasteiger partial charge in [-0.25, -0.2) is 4.79 Å². The minimum Gasteiger partial charge on any atom is -0.496 e.